The molecule has 2 heteroatoms. The van der Waals surface area contributed by atoms with Gasteiger partial charge >= 0.3 is 0 Å². The van der Waals surface area contributed by atoms with Crippen LogP contribution in [0.15, 0.2) is 0 Å². The standard InChI is InChI=1S/C15H31NO/c1-6-16-13(14(2,3)4)15(17-5)11-9-7-8-10-12-15/h13,16H,6-12H2,1-5H3. The molecule has 0 aromatic carbocycles. The fourth-order valence-electron chi connectivity index (χ4n) is 3.42. The highest BCUT2D eigenvalue weighted by molar-refractivity contribution is 5.00. The Balaban J connectivity index is 2.92. The molecule has 1 N–H and O–H groups in total. The van der Waals surface area contributed by atoms with Crippen molar-refractivity contribution in [1.29, 1.82) is 0 Å². The van der Waals surface area contributed by atoms with E-state index in [0.29, 0.717) is 6.04 Å². The second kappa shape index (κ2) is 6.19. The van der Waals surface area contributed by atoms with Gasteiger partial charge in [0.1, 0.15) is 0 Å². The molecule has 2 nitrogen and oxygen atoms in total. The maximum atomic E-state index is 6.04. The first kappa shape index (κ1) is 15.0. The van der Waals surface area contributed by atoms with E-state index in [4.69, 9.17) is 4.74 Å². The highest BCUT2D eigenvalue weighted by atomic mass is 16.5. The Morgan fingerprint density at radius 2 is 1.65 bits per heavy atom. The number of likely N-dealkylation sites (N-methyl/N-ethyl adjacent to an activating group) is 1. The Kier molecular flexibility index (Phi) is 5.46. The van der Waals surface area contributed by atoms with Gasteiger partial charge in [-0.3, -0.25) is 0 Å². The third-order valence-corrected chi connectivity index (χ3v) is 4.16. The quantitative estimate of drug-likeness (QED) is 0.757. The van der Waals surface area contributed by atoms with Crippen LogP contribution in [0.2, 0.25) is 0 Å². The second-order valence-corrected chi connectivity index (χ2v) is 6.54. The molecule has 102 valence electrons. The van der Waals surface area contributed by atoms with Gasteiger partial charge < -0.3 is 10.1 Å². The first-order chi connectivity index (χ1) is 7.96. The summed E-state index contributed by atoms with van der Waals surface area (Å²) >= 11 is 0. The van der Waals surface area contributed by atoms with Crippen LogP contribution in [0.4, 0.5) is 0 Å². The van der Waals surface area contributed by atoms with Gasteiger partial charge in [-0.2, -0.15) is 0 Å². The zero-order valence-corrected chi connectivity index (χ0v) is 12.4. The summed E-state index contributed by atoms with van der Waals surface area (Å²) in [6.45, 7) is 10.2. The van der Waals surface area contributed by atoms with Crippen LogP contribution < -0.4 is 5.32 Å². The normalized spacial score (nSPS) is 23.1. The highest BCUT2D eigenvalue weighted by Gasteiger charge is 2.44. The topological polar surface area (TPSA) is 21.3 Å². The van der Waals surface area contributed by atoms with Gasteiger partial charge in [0.2, 0.25) is 0 Å². The minimum Gasteiger partial charge on any atom is -0.377 e. The zero-order valence-electron chi connectivity index (χ0n) is 12.4. The molecule has 0 heterocycles. The minimum atomic E-state index is 0.0464. The van der Waals surface area contributed by atoms with E-state index in [1.54, 1.807) is 0 Å². The lowest BCUT2D eigenvalue weighted by Crippen LogP contribution is -2.58. The lowest BCUT2D eigenvalue weighted by Gasteiger charge is -2.46. The number of rotatable bonds is 4. The van der Waals surface area contributed by atoms with Crippen molar-refractivity contribution in [2.75, 3.05) is 13.7 Å². The molecule has 1 aliphatic carbocycles. The van der Waals surface area contributed by atoms with E-state index in [2.05, 4.69) is 33.0 Å². The average Bonchev–Trinajstić information content (AvgIpc) is 2.50. The van der Waals surface area contributed by atoms with E-state index < -0.39 is 0 Å². The van der Waals surface area contributed by atoms with Crippen molar-refractivity contribution in [2.45, 2.75) is 77.9 Å². The summed E-state index contributed by atoms with van der Waals surface area (Å²) in [5.74, 6) is 0. The molecule has 0 bridgehead atoms. The van der Waals surface area contributed by atoms with Gasteiger partial charge in [0.05, 0.1) is 5.60 Å². The molecule has 17 heavy (non-hydrogen) atoms. The fourth-order valence-corrected chi connectivity index (χ4v) is 3.42. The molecule has 1 fully saturated rings. The number of hydrogen-bond acceptors (Lipinski definition) is 2. The Bertz CT molecular complexity index is 211. The van der Waals surface area contributed by atoms with Crippen molar-refractivity contribution in [2.24, 2.45) is 5.41 Å². The van der Waals surface area contributed by atoms with Crippen molar-refractivity contribution in [3.8, 4) is 0 Å². The molecule has 0 radical (unpaired) electrons. The van der Waals surface area contributed by atoms with Crippen LogP contribution in [0, 0.1) is 5.41 Å². The summed E-state index contributed by atoms with van der Waals surface area (Å²) in [6, 6.07) is 0.447. The molecule has 1 unspecified atom stereocenters. The number of hydrogen-bond donors (Lipinski definition) is 1. The maximum Gasteiger partial charge on any atom is 0.0836 e. The lowest BCUT2D eigenvalue weighted by molar-refractivity contribution is -0.0799. The molecule has 1 aliphatic rings. The van der Waals surface area contributed by atoms with Crippen LogP contribution in [-0.4, -0.2) is 25.3 Å². The van der Waals surface area contributed by atoms with Gasteiger partial charge in [-0.1, -0.05) is 53.4 Å². The van der Waals surface area contributed by atoms with E-state index in [-0.39, 0.29) is 11.0 Å². The predicted molar refractivity (Wildman–Crippen MR) is 74.4 cm³/mol. The van der Waals surface area contributed by atoms with Crippen molar-refractivity contribution < 1.29 is 4.74 Å². The summed E-state index contributed by atoms with van der Waals surface area (Å²) in [6.07, 6.45) is 7.77. The molecule has 0 amide bonds. The van der Waals surface area contributed by atoms with Crippen LogP contribution in [0.5, 0.6) is 0 Å². The van der Waals surface area contributed by atoms with E-state index in [0.717, 1.165) is 6.54 Å². The summed E-state index contributed by atoms with van der Waals surface area (Å²) in [5, 5.41) is 3.69. The molecule has 0 spiro atoms. The van der Waals surface area contributed by atoms with Crippen molar-refractivity contribution in [3.63, 3.8) is 0 Å². The first-order valence-electron chi connectivity index (χ1n) is 7.25. The second-order valence-electron chi connectivity index (χ2n) is 6.54. The van der Waals surface area contributed by atoms with Gasteiger partial charge in [-0.15, -0.1) is 0 Å². The largest absolute Gasteiger partial charge is 0.377 e. The first-order valence-corrected chi connectivity index (χ1v) is 7.25. The number of ether oxygens (including phenoxy) is 1. The highest BCUT2D eigenvalue weighted by Crippen LogP contribution is 2.39. The Hall–Kier alpha value is -0.0800. The van der Waals surface area contributed by atoms with Crippen LogP contribution >= 0.6 is 0 Å². The van der Waals surface area contributed by atoms with E-state index >= 15 is 0 Å². The van der Waals surface area contributed by atoms with Crippen LogP contribution in [0.3, 0.4) is 0 Å². The zero-order chi connectivity index (χ0) is 12.9. The van der Waals surface area contributed by atoms with Crippen molar-refractivity contribution in [3.05, 3.63) is 0 Å². The maximum absolute atomic E-state index is 6.04. The van der Waals surface area contributed by atoms with Crippen LogP contribution in [-0.2, 0) is 4.74 Å². The third kappa shape index (κ3) is 3.69. The average molecular weight is 241 g/mol. The van der Waals surface area contributed by atoms with Crippen LogP contribution in [0.25, 0.3) is 0 Å². The molecular formula is C15H31NO. The summed E-state index contributed by atoms with van der Waals surface area (Å²) in [7, 11) is 1.90. The van der Waals surface area contributed by atoms with Gasteiger partial charge in [-0.25, -0.2) is 0 Å². The number of methoxy groups -OCH3 is 1. The predicted octanol–water partition coefficient (Wildman–Crippen LogP) is 3.75. The monoisotopic (exact) mass is 241 g/mol. The Morgan fingerprint density at radius 3 is 2.00 bits per heavy atom. The van der Waals surface area contributed by atoms with Crippen molar-refractivity contribution in [1.82, 2.24) is 5.32 Å². The summed E-state index contributed by atoms with van der Waals surface area (Å²) in [4.78, 5) is 0. The van der Waals surface area contributed by atoms with E-state index in [9.17, 15) is 0 Å². The molecule has 1 atom stereocenters. The SMILES string of the molecule is CCNC(C(C)(C)C)C1(OC)CCCCCC1. The van der Waals surface area contributed by atoms with Crippen molar-refractivity contribution >= 4 is 0 Å². The summed E-state index contributed by atoms with van der Waals surface area (Å²) in [5.41, 5.74) is 0.293. The summed E-state index contributed by atoms with van der Waals surface area (Å²) < 4.78 is 6.04. The molecule has 1 saturated carbocycles. The van der Waals surface area contributed by atoms with E-state index in [1.165, 1.54) is 38.5 Å². The molecular weight excluding hydrogens is 210 g/mol. The third-order valence-electron chi connectivity index (χ3n) is 4.16. The molecule has 1 rings (SSSR count). The van der Waals surface area contributed by atoms with E-state index in [1.807, 2.05) is 7.11 Å². The van der Waals surface area contributed by atoms with Gasteiger partial charge in [-0.05, 0) is 24.8 Å². The van der Waals surface area contributed by atoms with Gasteiger partial charge in [0.25, 0.3) is 0 Å². The van der Waals surface area contributed by atoms with Gasteiger partial charge in [0.15, 0.2) is 0 Å². The smallest absolute Gasteiger partial charge is 0.0836 e. The Labute approximate surface area is 108 Å². The molecule has 0 aromatic heterocycles. The lowest BCUT2D eigenvalue weighted by atomic mass is 9.72. The Morgan fingerprint density at radius 1 is 1.12 bits per heavy atom. The van der Waals surface area contributed by atoms with Gasteiger partial charge in [0, 0.05) is 13.2 Å². The van der Waals surface area contributed by atoms with Crippen LogP contribution in [0.1, 0.15) is 66.2 Å². The molecule has 0 aromatic rings. The number of nitrogens with one attached hydrogen (secondary N) is 1. The fraction of sp³-hybridized carbons (Fsp3) is 1.00. The molecule has 0 aliphatic heterocycles. The minimum absolute atomic E-state index is 0.0464. The molecule has 0 saturated heterocycles.